The van der Waals surface area contributed by atoms with E-state index in [1.807, 2.05) is 0 Å². The van der Waals surface area contributed by atoms with Crippen LogP contribution in [0, 0.1) is 11.8 Å². The maximum Gasteiger partial charge on any atom is 0.191 e. The third-order valence-corrected chi connectivity index (χ3v) is 6.95. The molecule has 28 heavy (non-hydrogen) atoms. The van der Waals surface area contributed by atoms with Crippen molar-refractivity contribution < 1.29 is 23.0 Å². The molecule has 0 aliphatic carbocycles. The molecule has 0 aromatic carbocycles. The Hall–Kier alpha value is -0.250. The molecule has 2 fully saturated rings. The lowest BCUT2D eigenvalue weighted by Gasteiger charge is -2.33. The van der Waals surface area contributed by atoms with Crippen molar-refractivity contribution in [2.45, 2.75) is 44.8 Å². The van der Waals surface area contributed by atoms with Crippen molar-refractivity contribution in [2.75, 3.05) is 71.6 Å². The van der Waals surface area contributed by atoms with E-state index in [0.717, 1.165) is 71.4 Å². The van der Waals surface area contributed by atoms with E-state index in [2.05, 4.69) is 9.80 Å². The number of ether oxygens (including phenoxy) is 2. The highest BCUT2D eigenvalue weighted by Crippen LogP contribution is 2.23. The molecule has 2 atom stereocenters. The molecule has 0 N–H and O–H groups in total. The smallest absolute Gasteiger partial charge is 0.191 e. The molecular formula is C20H39N2O5S. The van der Waals surface area contributed by atoms with Crippen LogP contribution in [0.4, 0.5) is 0 Å². The second-order valence-corrected chi connectivity index (χ2v) is 10.8. The molecule has 0 saturated carbocycles. The Balaban J connectivity index is 1.56. The molecule has 7 nitrogen and oxygen atoms in total. The van der Waals surface area contributed by atoms with Crippen LogP contribution >= 0.6 is 0 Å². The zero-order valence-corrected chi connectivity index (χ0v) is 18.5. The molecule has 2 aliphatic heterocycles. The minimum Gasteiger partial charge on any atom is -0.383 e. The van der Waals surface area contributed by atoms with Gasteiger partial charge in [0.1, 0.15) is 9.84 Å². The van der Waals surface area contributed by atoms with E-state index in [1.165, 1.54) is 6.26 Å². The van der Waals surface area contributed by atoms with Gasteiger partial charge in [-0.1, -0.05) is 0 Å². The Morgan fingerprint density at radius 2 is 1.79 bits per heavy atom. The average molecular weight is 420 g/mol. The number of likely N-dealkylation sites (tertiary alicyclic amines) is 2. The number of sulfone groups is 1. The number of nitrogens with zero attached hydrogens (tertiary/aromatic N) is 2. The second kappa shape index (κ2) is 12.4. The molecule has 2 saturated heterocycles. The van der Waals surface area contributed by atoms with Crippen molar-refractivity contribution in [1.82, 2.24) is 9.80 Å². The van der Waals surface area contributed by atoms with Crippen LogP contribution in [-0.4, -0.2) is 96.1 Å². The van der Waals surface area contributed by atoms with Crippen LogP contribution in [0.25, 0.3) is 0 Å². The van der Waals surface area contributed by atoms with E-state index in [1.54, 1.807) is 7.11 Å². The second-order valence-electron chi connectivity index (χ2n) is 8.56. The molecular weight excluding hydrogens is 380 g/mol. The fourth-order valence-corrected chi connectivity index (χ4v) is 4.79. The SMILES string of the molecule is COCCN1CCC(CCC([O])OCC2CCCN(CCS(C)(=O)=O)C2)CC1. The number of rotatable bonds is 12. The summed E-state index contributed by atoms with van der Waals surface area (Å²) in [6.07, 6.45) is 6.32. The van der Waals surface area contributed by atoms with Gasteiger partial charge in [0.25, 0.3) is 0 Å². The summed E-state index contributed by atoms with van der Waals surface area (Å²) in [4.78, 5) is 4.62. The summed E-state index contributed by atoms with van der Waals surface area (Å²) in [6.45, 7) is 6.84. The topological polar surface area (TPSA) is 79.0 Å². The third kappa shape index (κ3) is 9.98. The van der Waals surface area contributed by atoms with E-state index in [0.29, 0.717) is 31.4 Å². The summed E-state index contributed by atoms with van der Waals surface area (Å²) < 4.78 is 33.4. The predicted octanol–water partition coefficient (Wildman–Crippen LogP) is 1.65. The van der Waals surface area contributed by atoms with E-state index in [4.69, 9.17) is 9.47 Å². The molecule has 0 bridgehead atoms. The highest BCUT2D eigenvalue weighted by molar-refractivity contribution is 7.90. The summed E-state index contributed by atoms with van der Waals surface area (Å²) in [6, 6.07) is 0. The molecule has 1 radical (unpaired) electrons. The largest absolute Gasteiger partial charge is 0.383 e. The Bertz CT molecular complexity index is 523. The highest BCUT2D eigenvalue weighted by atomic mass is 32.2. The summed E-state index contributed by atoms with van der Waals surface area (Å²) in [5.41, 5.74) is 0. The first-order valence-corrected chi connectivity index (χ1v) is 12.8. The first-order valence-electron chi connectivity index (χ1n) is 10.7. The van der Waals surface area contributed by atoms with Gasteiger partial charge in [-0.2, -0.15) is 0 Å². The van der Waals surface area contributed by atoms with E-state index >= 15 is 0 Å². The maximum atomic E-state index is 12.2. The highest BCUT2D eigenvalue weighted by Gasteiger charge is 2.23. The minimum absolute atomic E-state index is 0.203. The van der Waals surface area contributed by atoms with Crippen molar-refractivity contribution in [3.63, 3.8) is 0 Å². The van der Waals surface area contributed by atoms with Gasteiger partial charge in [-0.15, -0.1) is 0 Å². The lowest BCUT2D eigenvalue weighted by Crippen LogP contribution is -2.40. The lowest BCUT2D eigenvalue weighted by molar-refractivity contribution is -0.156. The first-order chi connectivity index (χ1) is 13.4. The Morgan fingerprint density at radius 1 is 1.04 bits per heavy atom. The molecule has 165 valence electrons. The number of piperidine rings is 2. The van der Waals surface area contributed by atoms with Gasteiger partial charge in [0, 0.05) is 39.4 Å². The molecule has 2 rings (SSSR count). The van der Waals surface area contributed by atoms with Crippen LogP contribution in [0.5, 0.6) is 0 Å². The van der Waals surface area contributed by atoms with Gasteiger partial charge in [-0.25, -0.2) is 13.5 Å². The average Bonchev–Trinajstić information content (AvgIpc) is 2.68. The van der Waals surface area contributed by atoms with Gasteiger partial charge in [0.05, 0.1) is 19.0 Å². The van der Waals surface area contributed by atoms with E-state index in [-0.39, 0.29) is 5.75 Å². The summed E-state index contributed by atoms with van der Waals surface area (Å²) >= 11 is 0. The quantitative estimate of drug-likeness (QED) is 0.448. The molecule has 0 amide bonds. The van der Waals surface area contributed by atoms with Gasteiger partial charge in [0.2, 0.25) is 0 Å². The van der Waals surface area contributed by atoms with E-state index < -0.39 is 16.1 Å². The van der Waals surface area contributed by atoms with Crippen LogP contribution < -0.4 is 0 Å². The number of hydrogen-bond acceptors (Lipinski definition) is 6. The lowest BCUT2D eigenvalue weighted by atomic mass is 9.92. The monoisotopic (exact) mass is 419 g/mol. The maximum absolute atomic E-state index is 12.2. The van der Waals surface area contributed by atoms with Gasteiger partial charge < -0.3 is 19.3 Å². The van der Waals surface area contributed by atoms with Crippen molar-refractivity contribution in [1.29, 1.82) is 0 Å². The van der Waals surface area contributed by atoms with Crippen molar-refractivity contribution in [2.24, 2.45) is 11.8 Å². The van der Waals surface area contributed by atoms with Gasteiger partial charge >= 0.3 is 0 Å². The molecule has 2 heterocycles. The summed E-state index contributed by atoms with van der Waals surface area (Å²) in [5.74, 6) is 1.18. The molecule has 0 aromatic rings. The predicted molar refractivity (Wildman–Crippen MR) is 110 cm³/mol. The van der Waals surface area contributed by atoms with Gasteiger partial charge in [0.15, 0.2) is 6.29 Å². The van der Waals surface area contributed by atoms with Crippen LogP contribution in [-0.2, 0) is 24.4 Å². The van der Waals surface area contributed by atoms with Crippen LogP contribution in [0.15, 0.2) is 0 Å². The zero-order valence-electron chi connectivity index (χ0n) is 17.7. The van der Waals surface area contributed by atoms with Crippen LogP contribution in [0.3, 0.4) is 0 Å². The summed E-state index contributed by atoms with van der Waals surface area (Å²) in [5, 5.41) is 12.2. The van der Waals surface area contributed by atoms with Crippen molar-refractivity contribution in [3.8, 4) is 0 Å². The Labute approximate surface area is 171 Å². The molecule has 2 aliphatic rings. The molecule has 0 spiro atoms. The van der Waals surface area contributed by atoms with E-state index in [9.17, 15) is 13.5 Å². The third-order valence-electron chi connectivity index (χ3n) is 6.03. The number of methoxy groups -OCH3 is 1. The molecule has 8 heteroatoms. The normalized spacial score (nSPS) is 24.5. The fourth-order valence-electron chi connectivity index (χ4n) is 4.20. The fraction of sp³-hybridized carbons (Fsp3) is 1.00. The van der Waals surface area contributed by atoms with Gasteiger partial charge in [-0.3, -0.25) is 0 Å². The van der Waals surface area contributed by atoms with Crippen molar-refractivity contribution >= 4 is 9.84 Å². The Morgan fingerprint density at radius 3 is 2.46 bits per heavy atom. The Kier molecular flexibility index (Phi) is 10.7. The number of hydrogen-bond donors (Lipinski definition) is 0. The van der Waals surface area contributed by atoms with Crippen LogP contribution in [0.1, 0.15) is 38.5 Å². The first kappa shape index (κ1) is 24.0. The minimum atomic E-state index is -2.93. The molecule has 2 unspecified atom stereocenters. The zero-order chi connectivity index (χ0) is 20.4. The van der Waals surface area contributed by atoms with Gasteiger partial charge in [-0.05, 0) is 63.6 Å². The standard InChI is InChI=1S/C20H39N2O5S/c1-26-14-12-21-10-7-18(8-11-21)5-6-20(23)27-17-19-4-3-9-22(16-19)13-15-28(2,24)25/h18-20H,3-17H2,1-2H3. The molecule has 0 aromatic heterocycles. The van der Waals surface area contributed by atoms with Crippen molar-refractivity contribution in [3.05, 3.63) is 0 Å². The van der Waals surface area contributed by atoms with Crippen LogP contribution in [0.2, 0.25) is 0 Å². The summed E-state index contributed by atoms with van der Waals surface area (Å²) in [7, 11) is -1.19.